The molecule has 1 aromatic heterocycles. The molecule has 3 aromatic rings. The molecule has 2 saturated heterocycles. The molecule has 2 unspecified atom stereocenters. The smallest absolute Gasteiger partial charge is 0.0555 e. The van der Waals surface area contributed by atoms with Gasteiger partial charge in [-0.3, -0.25) is 9.88 Å². The van der Waals surface area contributed by atoms with Crippen LogP contribution in [0.3, 0.4) is 0 Å². The maximum Gasteiger partial charge on any atom is 0.0555 e. The minimum atomic E-state index is 0.545. The average Bonchev–Trinajstić information content (AvgIpc) is 3.04. The summed E-state index contributed by atoms with van der Waals surface area (Å²) in [6.07, 6.45) is 11.0. The van der Waals surface area contributed by atoms with Crippen molar-refractivity contribution in [2.75, 3.05) is 11.4 Å². The normalized spacial score (nSPS) is 24.5. The summed E-state index contributed by atoms with van der Waals surface area (Å²) < 4.78 is 0. The van der Waals surface area contributed by atoms with Crippen LogP contribution in [0.1, 0.15) is 25.7 Å². The molecular formula is C27H27N3S. The molecule has 0 saturated carbocycles. The van der Waals surface area contributed by atoms with Crippen molar-refractivity contribution in [2.45, 2.75) is 53.6 Å². The first-order valence-electron chi connectivity index (χ1n) is 11.3. The van der Waals surface area contributed by atoms with Gasteiger partial charge in [0.05, 0.1) is 11.4 Å². The second-order valence-electron chi connectivity index (χ2n) is 8.86. The summed E-state index contributed by atoms with van der Waals surface area (Å²) in [6.45, 7) is 5.02. The van der Waals surface area contributed by atoms with Gasteiger partial charge in [0, 0.05) is 52.4 Å². The summed E-state index contributed by atoms with van der Waals surface area (Å²) in [4.78, 5) is 12.4. The number of benzene rings is 2. The number of fused-ring (bicyclic) bond motifs is 4. The largest absolute Gasteiger partial charge is 0.336 e. The number of pyridine rings is 1. The molecule has 156 valence electrons. The van der Waals surface area contributed by atoms with E-state index in [9.17, 15) is 0 Å². The molecule has 0 spiro atoms. The molecule has 4 heteroatoms. The highest BCUT2D eigenvalue weighted by Gasteiger charge is 2.43. The predicted octanol–water partition coefficient (Wildman–Crippen LogP) is 6.53. The molecule has 3 nitrogen and oxygen atoms in total. The summed E-state index contributed by atoms with van der Waals surface area (Å²) in [5.74, 6) is 0. The number of anilines is 2. The van der Waals surface area contributed by atoms with E-state index < -0.39 is 0 Å². The zero-order valence-electron chi connectivity index (χ0n) is 17.7. The molecule has 3 aliphatic rings. The Morgan fingerprint density at radius 3 is 2.48 bits per heavy atom. The van der Waals surface area contributed by atoms with Gasteiger partial charge in [0.25, 0.3) is 0 Å². The number of aromatic nitrogens is 1. The van der Waals surface area contributed by atoms with Gasteiger partial charge in [-0.15, -0.1) is 6.58 Å². The fraction of sp³-hybridized carbons (Fsp3) is 0.296. The van der Waals surface area contributed by atoms with Gasteiger partial charge in [-0.25, -0.2) is 0 Å². The van der Waals surface area contributed by atoms with Crippen LogP contribution >= 0.6 is 11.8 Å². The third kappa shape index (κ3) is 3.29. The van der Waals surface area contributed by atoms with Gasteiger partial charge in [0.1, 0.15) is 0 Å². The van der Waals surface area contributed by atoms with E-state index in [0.29, 0.717) is 18.1 Å². The zero-order valence-corrected chi connectivity index (χ0v) is 18.5. The highest BCUT2D eigenvalue weighted by Crippen LogP contribution is 2.52. The van der Waals surface area contributed by atoms with E-state index in [-0.39, 0.29) is 0 Å². The Hall–Kier alpha value is -2.56. The topological polar surface area (TPSA) is 19.4 Å². The van der Waals surface area contributed by atoms with Gasteiger partial charge in [-0.05, 0) is 61.6 Å². The quantitative estimate of drug-likeness (QED) is 0.442. The summed E-state index contributed by atoms with van der Waals surface area (Å²) in [6, 6.07) is 21.9. The first-order chi connectivity index (χ1) is 15.3. The highest BCUT2D eigenvalue weighted by molar-refractivity contribution is 7.99. The third-order valence-corrected chi connectivity index (χ3v) is 8.24. The van der Waals surface area contributed by atoms with Crippen LogP contribution in [0, 0.1) is 0 Å². The van der Waals surface area contributed by atoms with Crippen LogP contribution in [-0.4, -0.2) is 34.6 Å². The molecule has 0 amide bonds. The predicted molar refractivity (Wildman–Crippen MR) is 129 cm³/mol. The first-order valence-corrected chi connectivity index (χ1v) is 12.1. The van der Waals surface area contributed by atoms with E-state index >= 15 is 0 Å². The molecule has 0 N–H and O–H groups in total. The van der Waals surface area contributed by atoms with Crippen molar-refractivity contribution < 1.29 is 0 Å². The van der Waals surface area contributed by atoms with Crippen LogP contribution < -0.4 is 4.90 Å². The lowest BCUT2D eigenvalue weighted by atomic mass is 9.94. The second kappa shape index (κ2) is 7.85. The van der Waals surface area contributed by atoms with Gasteiger partial charge in [-0.2, -0.15) is 0 Å². The van der Waals surface area contributed by atoms with E-state index in [2.05, 4.69) is 76.0 Å². The van der Waals surface area contributed by atoms with Crippen molar-refractivity contribution >= 4 is 23.1 Å². The Morgan fingerprint density at radius 2 is 1.71 bits per heavy atom. The van der Waals surface area contributed by atoms with Crippen LogP contribution in [0.2, 0.25) is 0 Å². The molecule has 6 rings (SSSR count). The number of hydrogen-bond donors (Lipinski definition) is 0. The standard InChI is InChI=1S/C27H27N3S/c1-2-14-29-21-10-11-22(29)17-23(16-21)30-24-7-3-4-8-26(24)31-27-15-19(9-12-25(27)30)20-6-5-13-28-18-20/h2-9,12-13,15,18,21-23H,1,10-11,14,16-17H2. The fourth-order valence-electron chi connectivity index (χ4n) is 5.80. The number of para-hydroxylation sites is 1. The van der Waals surface area contributed by atoms with E-state index in [4.69, 9.17) is 0 Å². The average molecular weight is 426 g/mol. The van der Waals surface area contributed by atoms with Crippen LogP contribution in [0.4, 0.5) is 11.4 Å². The Balaban J connectivity index is 1.40. The van der Waals surface area contributed by atoms with Crippen LogP contribution in [-0.2, 0) is 0 Å². The summed E-state index contributed by atoms with van der Waals surface area (Å²) in [5, 5.41) is 0. The second-order valence-corrected chi connectivity index (χ2v) is 9.94. The molecule has 2 aromatic carbocycles. The third-order valence-electron chi connectivity index (χ3n) is 7.12. The Kier molecular flexibility index (Phi) is 4.85. The van der Waals surface area contributed by atoms with Crippen LogP contribution in [0.5, 0.6) is 0 Å². The van der Waals surface area contributed by atoms with E-state index in [1.165, 1.54) is 58.0 Å². The Labute approximate surface area is 188 Å². The molecule has 2 bridgehead atoms. The van der Waals surface area contributed by atoms with E-state index in [1.807, 2.05) is 30.2 Å². The summed E-state index contributed by atoms with van der Waals surface area (Å²) in [7, 11) is 0. The lowest BCUT2D eigenvalue weighted by Gasteiger charge is -2.46. The number of piperidine rings is 1. The number of rotatable bonds is 4. The molecule has 3 aliphatic heterocycles. The first kappa shape index (κ1) is 19.1. The van der Waals surface area contributed by atoms with Crippen LogP contribution in [0.25, 0.3) is 11.1 Å². The van der Waals surface area contributed by atoms with Crippen LogP contribution in [0.15, 0.2) is 89.4 Å². The van der Waals surface area contributed by atoms with Crippen molar-refractivity contribution in [3.63, 3.8) is 0 Å². The van der Waals surface area contributed by atoms with Crippen molar-refractivity contribution in [1.82, 2.24) is 9.88 Å². The van der Waals surface area contributed by atoms with Crippen molar-refractivity contribution in [2.24, 2.45) is 0 Å². The van der Waals surface area contributed by atoms with Crippen molar-refractivity contribution in [1.29, 1.82) is 0 Å². The van der Waals surface area contributed by atoms with Crippen molar-refractivity contribution in [3.05, 3.63) is 79.6 Å². The van der Waals surface area contributed by atoms with Crippen molar-refractivity contribution in [3.8, 4) is 11.1 Å². The van der Waals surface area contributed by atoms with Gasteiger partial charge < -0.3 is 4.90 Å². The molecule has 2 atom stereocenters. The zero-order chi connectivity index (χ0) is 20.8. The monoisotopic (exact) mass is 425 g/mol. The van der Waals surface area contributed by atoms with Gasteiger partial charge >= 0.3 is 0 Å². The van der Waals surface area contributed by atoms with Gasteiger partial charge in [0.15, 0.2) is 0 Å². The maximum absolute atomic E-state index is 4.31. The Bertz CT molecular complexity index is 1100. The maximum atomic E-state index is 4.31. The number of nitrogens with zero attached hydrogens (tertiary/aromatic N) is 3. The minimum Gasteiger partial charge on any atom is -0.336 e. The highest BCUT2D eigenvalue weighted by atomic mass is 32.2. The lowest BCUT2D eigenvalue weighted by Crippen LogP contribution is -2.49. The molecule has 2 fully saturated rings. The SMILES string of the molecule is C=CCN1C2CCC1CC(N1c3ccccc3Sc3cc(-c4cccnc4)ccc31)C2. The molecule has 4 heterocycles. The van der Waals surface area contributed by atoms with E-state index in [0.717, 1.165) is 6.54 Å². The molecular weight excluding hydrogens is 398 g/mol. The molecule has 0 aliphatic carbocycles. The minimum absolute atomic E-state index is 0.545. The lowest BCUT2D eigenvalue weighted by molar-refractivity contribution is 0.143. The summed E-state index contributed by atoms with van der Waals surface area (Å²) >= 11 is 1.90. The fourth-order valence-corrected chi connectivity index (χ4v) is 6.91. The Morgan fingerprint density at radius 1 is 0.903 bits per heavy atom. The van der Waals surface area contributed by atoms with E-state index in [1.54, 1.807) is 0 Å². The molecule has 31 heavy (non-hydrogen) atoms. The number of hydrogen-bond acceptors (Lipinski definition) is 4. The van der Waals surface area contributed by atoms with Gasteiger partial charge in [0.2, 0.25) is 0 Å². The van der Waals surface area contributed by atoms with Gasteiger partial charge in [-0.1, -0.05) is 42.1 Å². The molecule has 0 radical (unpaired) electrons. The summed E-state index contributed by atoms with van der Waals surface area (Å²) in [5.41, 5.74) is 5.14.